The van der Waals surface area contributed by atoms with Gasteiger partial charge in [-0.05, 0) is 36.7 Å². The average molecular weight is 400 g/mol. The second-order valence-electron chi connectivity index (χ2n) is 7.14. The van der Waals surface area contributed by atoms with Gasteiger partial charge >= 0.3 is 0 Å². The Kier molecular flexibility index (Phi) is 5.86. The molecule has 2 aromatic carbocycles. The molecule has 0 fully saturated rings. The van der Waals surface area contributed by atoms with Crippen molar-refractivity contribution >= 4 is 26.8 Å². The van der Waals surface area contributed by atoms with E-state index < -0.39 is 10.0 Å². The van der Waals surface area contributed by atoms with Gasteiger partial charge in [-0.25, -0.2) is 13.1 Å². The minimum absolute atomic E-state index is 0.176. The first kappa shape index (κ1) is 20.1. The maximum absolute atomic E-state index is 12.8. The number of carbonyl (C=O) groups excluding carboxylic acids is 1. The molecule has 0 saturated carbocycles. The average Bonchev–Trinajstić information content (AvgIpc) is 3.04. The van der Waals surface area contributed by atoms with E-state index in [1.54, 1.807) is 18.2 Å². The standard InChI is InChI=1S/C21H25N3O3S/c1-15(2)13-24-14-19(18-9-4-5-10-20(18)24)21(25)23-12-16-7-6-8-17(11-16)28(26,27)22-3/h4-11,14-15,22H,12-13H2,1-3H3,(H,23,25). The fourth-order valence-electron chi connectivity index (χ4n) is 3.19. The third-order valence-electron chi connectivity index (χ3n) is 4.53. The molecule has 3 rings (SSSR count). The zero-order chi connectivity index (χ0) is 20.3. The number of hydrogen-bond donors (Lipinski definition) is 2. The van der Waals surface area contributed by atoms with Crippen LogP contribution in [0.15, 0.2) is 59.6 Å². The van der Waals surface area contributed by atoms with Gasteiger partial charge in [-0.15, -0.1) is 0 Å². The van der Waals surface area contributed by atoms with Crippen molar-refractivity contribution in [3.63, 3.8) is 0 Å². The number of rotatable bonds is 7. The van der Waals surface area contributed by atoms with E-state index in [0.29, 0.717) is 11.5 Å². The van der Waals surface area contributed by atoms with Crippen LogP contribution in [-0.4, -0.2) is 25.9 Å². The minimum atomic E-state index is -3.51. The summed E-state index contributed by atoms with van der Waals surface area (Å²) in [5.74, 6) is 0.282. The first-order valence-electron chi connectivity index (χ1n) is 9.20. The number of aromatic nitrogens is 1. The van der Waals surface area contributed by atoms with Crippen molar-refractivity contribution in [3.8, 4) is 0 Å². The van der Waals surface area contributed by atoms with Crippen LogP contribution in [0.3, 0.4) is 0 Å². The van der Waals surface area contributed by atoms with Crippen molar-refractivity contribution in [1.82, 2.24) is 14.6 Å². The van der Waals surface area contributed by atoms with Crippen molar-refractivity contribution in [3.05, 3.63) is 65.9 Å². The number of nitrogens with zero attached hydrogens (tertiary/aromatic N) is 1. The number of benzene rings is 2. The van der Waals surface area contributed by atoms with Crippen LogP contribution in [0.4, 0.5) is 0 Å². The van der Waals surface area contributed by atoms with Crippen LogP contribution >= 0.6 is 0 Å². The summed E-state index contributed by atoms with van der Waals surface area (Å²) in [6, 6.07) is 14.4. The Balaban J connectivity index is 1.82. The Morgan fingerprint density at radius 2 is 1.86 bits per heavy atom. The predicted octanol–water partition coefficient (Wildman–Crippen LogP) is 3.14. The van der Waals surface area contributed by atoms with Gasteiger partial charge in [0.1, 0.15) is 0 Å². The number of amides is 1. The van der Waals surface area contributed by atoms with Crippen LogP contribution in [0.1, 0.15) is 29.8 Å². The second-order valence-corrected chi connectivity index (χ2v) is 9.03. The van der Waals surface area contributed by atoms with E-state index in [1.165, 1.54) is 13.1 Å². The van der Waals surface area contributed by atoms with Crippen molar-refractivity contribution < 1.29 is 13.2 Å². The minimum Gasteiger partial charge on any atom is -0.348 e. The van der Waals surface area contributed by atoms with E-state index in [-0.39, 0.29) is 17.3 Å². The molecule has 0 spiro atoms. The summed E-state index contributed by atoms with van der Waals surface area (Å²) < 4.78 is 28.3. The zero-order valence-electron chi connectivity index (χ0n) is 16.3. The van der Waals surface area contributed by atoms with E-state index in [0.717, 1.165) is 23.0 Å². The molecule has 0 aliphatic rings. The van der Waals surface area contributed by atoms with E-state index in [9.17, 15) is 13.2 Å². The molecule has 1 aromatic heterocycles. The van der Waals surface area contributed by atoms with E-state index in [4.69, 9.17) is 0 Å². The molecule has 0 bridgehead atoms. The monoisotopic (exact) mass is 399 g/mol. The first-order chi connectivity index (χ1) is 13.3. The van der Waals surface area contributed by atoms with Crippen molar-refractivity contribution in [2.75, 3.05) is 7.05 Å². The molecule has 2 N–H and O–H groups in total. The quantitative estimate of drug-likeness (QED) is 0.641. The van der Waals surface area contributed by atoms with Crippen LogP contribution in [-0.2, 0) is 23.1 Å². The lowest BCUT2D eigenvalue weighted by molar-refractivity contribution is 0.0952. The lowest BCUT2D eigenvalue weighted by Gasteiger charge is -2.08. The van der Waals surface area contributed by atoms with E-state index in [2.05, 4.69) is 28.5 Å². The van der Waals surface area contributed by atoms with Crippen LogP contribution in [0, 0.1) is 5.92 Å². The van der Waals surface area contributed by atoms with Gasteiger partial charge in [0, 0.05) is 30.2 Å². The maximum Gasteiger partial charge on any atom is 0.253 e. The number of nitrogens with one attached hydrogen (secondary N) is 2. The molecule has 3 aromatic rings. The fraction of sp³-hybridized carbons (Fsp3) is 0.286. The summed E-state index contributed by atoms with van der Waals surface area (Å²) in [4.78, 5) is 13.0. The highest BCUT2D eigenvalue weighted by atomic mass is 32.2. The number of sulfonamides is 1. The molecule has 7 heteroatoms. The Hall–Kier alpha value is -2.64. The first-order valence-corrected chi connectivity index (χ1v) is 10.7. The molecule has 0 saturated heterocycles. The van der Waals surface area contributed by atoms with Gasteiger partial charge in [-0.3, -0.25) is 4.79 Å². The maximum atomic E-state index is 12.8. The zero-order valence-corrected chi connectivity index (χ0v) is 17.1. The van der Waals surface area contributed by atoms with Crippen LogP contribution in [0.25, 0.3) is 10.9 Å². The number of fused-ring (bicyclic) bond motifs is 1. The van der Waals surface area contributed by atoms with Crippen LogP contribution in [0.2, 0.25) is 0 Å². The van der Waals surface area contributed by atoms with Gasteiger partial charge in [0.2, 0.25) is 10.0 Å². The summed E-state index contributed by atoms with van der Waals surface area (Å²) in [5, 5.41) is 3.81. The van der Waals surface area contributed by atoms with Gasteiger partial charge in [-0.1, -0.05) is 44.2 Å². The summed E-state index contributed by atoms with van der Waals surface area (Å²) in [6.07, 6.45) is 1.89. The van der Waals surface area contributed by atoms with Crippen molar-refractivity contribution in [2.45, 2.75) is 31.8 Å². The lowest BCUT2D eigenvalue weighted by atomic mass is 10.1. The molecule has 28 heavy (non-hydrogen) atoms. The molecule has 1 heterocycles. The molecule has 148 valence electrons. The molecule has 0 unspecified atom stereocenters. The molecular weight excluding hydrogens is 374 g/mol. The normalized spacial score (nSPS) is 11.9. The van der Waals surface area contributed by atoms with E-state index in [1.807, 2.05) is 30.5 Å². The predicted molar refractivity (Wildman–Crippen MR) is 111 cm³/mol. The third kappa shape index (κ3) is 4.26. The summed E-state index contributed by atoms with van der Waals surface area (Å²) >= 11 is 0. The van der Waals surface area contributed by atoms with Crippen LogP contribution in [0.5, 0.6) is 0 Å². The second kappa shape index (κ2) is 8.16. The highest BCUT2D eigenvalue weighted by Gasteiger charge is 2.16. The smallest absolute Gasteiger partial charge is 0.253 e. The summed E-state index contributed by atoms with van der Waals surface area (Å²) in [7, 11) is -2.14. The number of para-hydroxylation sites is 1. The highest BCUT2D eigenvalue weighted by molar-refractivity contribution is 7.89. The molecule has 6 nitrogen and oxygen atoms in total. The Bertz CT molecular complexity index is 1100. The molecule has 0 atom stereocenters. The molecule has 0 aliphatic heterocycles. The third-order valence-corrected chi connectivity index (χ3v) is 5.94. The van der Waals surface area contributed by atoms with Gasteiger partial charge in [0.05, 0.1) is 10.5 Å². The molecule has 0 aliphatic carbocycles. The Labute approximate surface area is 165 Å². The van der Waals surface area contributed by atoms with Gasteiger partial charge in [0.15, 0.2) is 0 Å². The molecular formula is C21H25N3O3S. The van der Waals surface area contributed by atoms with Crippen molar-refractivity contribution in [1.29, 1.82) is 0 Å². The van der Waals surface area contributed by atoms with Crippen molar-refractivity contribution in [2.24, 2.45) is 5.92 Å². The Morgan fingerprint density at radius 3 is 2.57 bits per heavy atom. The summed E-state index contributed by atoms with van der Waals surface area (Å²) in [5.41, 5.74) is 2.37. The molecule has 0 radical (unpaired) electrons. The Morgan fingerprint density at radius 1 is 1.11 bits per heavy atom. The number of carbonyl (C=O) groups is 1. The van der Waals surface area contributed by atoms with Gasteiger partial charge < -0.3 is 9.88 Å². The lowest BCUT2D eigenvalue weighted by Crippen LogP contribution is -2.23. The van der Waals surface area contributed by atoms with E-state index >= 15 is 0 Å². The number of hydrogen-bond acceptors (Lipinski definition) is 3. The fourth-order valence-corrected chi connectivity index (χ4v) is 3.99. The van der Waals surface area contributed by atoms with Gasteiger partial charge in [-0.2, -0.15) is 0 Å². The topological polar surface area (TPSA) is 80.2 Å². The SMILES string of the molecule is CNS(=O)(=O)c1cccc(CNC(=O)c2cn(CC(C)C)c3ccccc23)c1. The largest absolute Gasteiger partial charge is 0.348 e. The van der Waals surface area contributed by atoms with Crippen LogP contribution < -0.4 is 10.0 Å². The molecule has 1 amide bonds. The summed E-state index contributed by atoms with van der Waals surface area (Å²) in [6.45, 7) is 5.36. The highest BCUT2D eigenvalue weighted by Crippen LogP contribution is 2.22. The van der Waals surface area contributed by atoms with Gasteiger partial charge in [0.25, 0.3) is 5.91 Å².